The minimum atomic E-state index is -0.248. The first-order valence-electron chi connectivity index (χ1n) is 7.22. The Morgan fingerprint density at radius 1 is 1.41 bits per heavy atom. The molecule has 1 aliphatic rings. The predicted molar refractivity (Wildman–Crippen MR) is 82.6 cm³/mol. The van der Waals surface area contributed by atoms with Crippen molar-refractivity contribution < 1.29 is 9.53 Å². The average molecular weight is 304 g/mol. The van der Waals surface area contributed by atoms with E-state index in [9.17, 15) is 4.79 Å². The second-order valence-corrected chi connectivity index (χ2v) is 4.27. The standard InChI is InChI=1S/C12H14N6O2.C2H6/c1-7-15-10-9(20-6-4-14-10)11(16-7)18-5-3-8(17-18)12(19)13-2;1-2/h3,5H,4,6H2,1-2H3,(H,13,19)(H,14,15,16);1-2H3. The number of carbonyl (C=O) groups excluding carboxylic acids is 1. The van der Waals surface area contributed by atoms with Crippen molar-refractivity contribution in [3.8, 4) is 11.6 Å². The normalized spacial score (nSPS) is 12.2. The minimum Gasteiger partial charge on any atom is -0.485 e. The summed E-state index contributed by atoms with van der Waals surface area (Å²) in [6.45, 7) is 7.03. The third kappa shape index (κ3) is 3.00. The van der Waals surface area contributed by atoms with Crippen molar-refractivity contribution in [3.05, 3.63) is 23.8 Å². The van der Waals surface area contributed by atoms with Crippen LogP contribution in [0.2, 0.25) is 0 Å². The van der Waals surface area contributed by atoms with Crippen LogP contribution >= 0.6 is 0 Å². The lowest BCUT2D eigenvalue weighted by Gasteiger charge is -2.20. The molecule has 0 atom stereocenters. The molecule has 8 heteroatoms. The van der Waals surface area contributed by atoms with E-state index in [4.69, 9.17) is 4.74 Å². The van der Waals surface area contributed by atoms with Gasteiger partial charge in [0.15, 0.2) is 11.5 Å². The Labute approximate surface area is 128 Å². The number of hydrogen-bond acceptors (Lipinski definition) is 6. The summed E-state index contributed by atoms with van der Waals surface area (Å²) in [5.41, 5.74) is 0.321. The lowest BCUT2D eigenvalue weighted by molar-refractivity contribution is 0.0957. The maximum absolute atomic E-state index is 11.6. The molecule has 1 amide bonds. The highest BCUT2D eigenvalue weighted by molar-refractivity contribution is 5.91. The van der Waals surface area contributed by atoms with Gasteiger partial charge in [0, 0.05) is 13.2 Å². The van der Waals surface area contributed by atoms with Crippen molar-refractivity contribution in [1.29, 1.82) is 0 Å². The number of fused-ring (bicyclic) bond motifs is 1. The van der Waals surface area contributed by atoms with E-state index in [0.29, 0.717) is 42.1 Å². The van der Waals surface area contributed by atoms with Crippen molar-refractivity contribution in [1.82, 2.24) is 25.1 Å². The third-order valence-electron chi connectivity index (χ3n) is 2.87. The Morgan fingerprint density at radius 3 is 2.91 bits per heavy atom. The van der Waals surface area contributed by atoms with Gasteiger partial charge in [0.05, 0.1) is 6.54 Å². The lowest BCUT2D eigenvalue weighted by Crippen LogP contribution is -2.22. The molecule has 8 nitrogen and oxygen atoms in total. The number of hydrogen-bond donors (Lipinski definition) is 2. The summed E-state index contributed by atoms with van der Waals surface area (Å²) in [5, 5.41) is 9.89. The zero-order valence-corrected chi connectivity index (χ0v) is 13.2. The fourth-order valence-corrected chi connectivity index (χ4v) is 1.97. The summed E-state index contributed by atoms with van der Waals surface area (Å²) < 4.78 is 7.13. The van der Waals surface area contributed by atoms with Crippen molar-refractivity contribution in [2.24, 2.45) is 0 Å². The largest absolute Gasteiger partial charge is 0.485 e. The topological polar surface area (TPSA) is 94.0 Å². The van der Waals surface area contributed by atoms with Crippen LogP contribution in [0, 0.1) is 6.92 Å². The number of aryl methyl sites for hydroxylation is 1. The van der Waals surface area contributed by atoms with Gasteiger partial charge < -0.3 is 15.4 Å². The quantitative estimate of drug-likeness (QED) is 0.864. The SMILES string of the molecule is CC.CNC(=O)c1ccn(-c2nc(C)nc3c2OCCN3)n1. The van der Waals surface area contributed by atoms with Crippen molar-refractivity contribution in [2.75, 3.05) is 25.5 Å². The van der Waals surface area contributed by atoms with Gasteiger partial charge in [-0.2, -0.15) is 5.10 Å². The van der Waals surface area contributed by atoms with Crippen LogP contribution in [0.15, 0.2) is 12.3 Å². The molecule has 2 aromatic rings. The lowest BCUT2D eigenvalue weighted by atomic mass is 10.4. The molecule has 0 spiro atoms. The van der Waals surface area contributed by atoms with Gasteiger partial charge in [-0.25, -0.2) is 14.6 Å². The minimum absolute atomic E-state index is 0.248. The van der Waals surface area contributed by atoms with Gasteiger partial charge in [0.25, 0.3) is 5.91 Å². The van der Waals surface area contributed by atoms with Crippen LogP contribution < -0.4 is 15.4 Å². The number of nitrogens with one attached hydrogen (secondary N) is 2. The number of rotatable bonds is 2. The van der Waals surface area contributed by atoms with Crippen LogP contribution in [0.5, 0.6) is 5.75 Å². The van der Waals surface area contributed by atoms with Crippen LogP contribution in [-0.2, 0) is 0 Å². The summed E-state index contributed by atoms with van der Waals surface area (Å²) in [7, 11) is 1.56. The maximum Gasteiger partial charge on any atom is 0.271 e. The van der Waals surface area contributed by atoms with Crippen LogP contribution in [0.3, 0.4) is 0 Å². The Kier molecular flexibility index (Phi) is 4.92. The fraction of sp³-hybridized carbons (Fsp3) is 0.429. The molecule has 1 aliphatic heterocycles. The summed E-state index contributed by atoms with van der Waals surface area (Å²) >= 11 is 0. The molecule has 0 saturated carbocycles. The van der Waals surface area contributed by atoms with Gasteiger partial charge in [-0.1, -0.05) is 13.8 Å². The molecule has 2 aromatic heterocycles. The van der Waals surface area contributed by atoms with E-state index in [1.165, 1.54) is 4.68 Å². The molecule has 2 N–H and O–H groups in total. The highest BCUT2D eigenvalue weighted by Crippen LogP contribution is 2.30. The maximum atomic E-state index is 11.6. The number of nitrogens with zero attached hydrogens (tertiary/aromatic N) is 4. The molecular formula is C14H20N6O2. The Balaban J connectivity index is 0.000000847. The van der Waals surface area contributed by atoms with Crippen molar-refractivity contribution >= 4 is 11.7 Å². The molecule has 0 fully saturated rings. The molecule has 22 heavy (non-hydrogen) atoms. The summed E-state index contributed by atoms with van der Waals surface area (Å²) in [4.78, 5) is 20.2. The monoisotopic (exact) mass is 304 g/mol. The number of amides is 1. The second kappa shape index (κ2) is 6.88. The van der Waals surface area contributed by atoms with E-state index in [0.717, 1.165) is 0 Å². The highest BCUT2D eigenvalue weighted by atomic mass is 16.5. The van der Waals surface area contributed by atoms with E-state index in [1.807, 2.05) is 13.8 Å². The zero-order chi connectivity index (χ0) is 16.1. The van der Waals surface area contributed by atoms with Crippen molar-refractivity contribution in [3.63, 3.8) is 0 Å². The van der Waals surface area contributed by atoms with Gasteiger partial charge in [0.2, 0.25) is 11.6 Å². The van der Waals surface area contributed by atoms with Gasteiger partial charge in [-0.05, 0) is 13.0 Å². The Hall–Kier alpha value is -2.64. The first-order chi connectivity index (χ1) is 10.7. The average Bonchev–Trinajstić information content (AvgIpc) is 3.05. The molecule has 0 saturated heterocycles. The number of carbonyl (C=O) groups is 1. The second-order valence-electron chi connectivity index (χ2n) is 4.27. The number of ether oxygens (including phenoxy) is 1. The summed E-state index contributed by atoms with van der Waals surface area (Å²) in [6.07, 6.45) is 1.67. The van der Waals surface area contributed by atoms with Crippen LogP contribution in [-0.4, -0.2) is 45.9 Å². The molecule has 3 rings (SSSR count). The predicted octanol–water partition coefficient (Wildman–Crippen LogP) is 1.16. The summed E-state index contributed by atoms with van der Waals surface area (Å²) in [6, 6.07) is 1.62. The highest BCUT2D eigenvalue weighted by Gasteiger charge is 2.20. The molecule has 0 unspecified atom stereocenters. The van der Waals surface area contributed by atoms with Gasteiger partial charge in [-0.15, -0.1) is 0 Å². The van der Waals surface area contributed by atoms with Crippen LogP contribution in [0.1, 0.15) is 30.2 Å². The molecule has 0 aromatic carbocycles. The molecule has 0 aliphatic carbocycles. The van der Waals surface area contributed by atoms with Crippen molar-refractivity contribution in [2.45, 2.75) is 20.8 Å². The first-order valence-corrected chi connectivity index (χ1v) is 7.22. The van der Waals surface area contributed by atoms with Gasteiger partial charge in [0.1, 0.15) is 12.4 Å². The van der Waals surface area contributed by atoms with E-state index >= 15 is 0 Å². The van der Waals surface area contributed by atoms with E-state index in [1.54, 1.807) is 26.2 Å². The molecule has 0 radical (unpaired) electrons. The van der Waals surface area contributed by atoms with Gasteiger partial charge >= 0.3 is 0 Å². The molecule has 0 bridgehead atoms. The van der Waals surface area contributed by atoms with E-state index in [-0.39, 0.29) is 5.91 Å². The smallest absolute Gasteiger partial charge is 0.271 e. The fourth-order valence-electron chi connectivity index (χ4n) is 1.97. The third-order valence-corrected chi connectivity index (χ3v) is 2.87. The molecule has 118 valence electrons. The first kappa shape index (κ1) is 15.7. The van der Waals surface area contributed by atoms with E-state index in [2.05, 4.69) is 25.7 Å². The zero-order valence-electron chi connectivity index (χ0n) is 13.2. The Bertz CT molecular complexity index is 667. The number of aromatic nitrogens is 4. The number of anilines is 1. The summed E-state index contributed by atoms with van der Waals surface area (Å²) in [5.74, 6) is 2.08. The van der Waals surface area contributed by atoms with Gasteiger partial charge in [-0.3, -0.25) is 4.79 Å². The van der Waals surface area contributed by atoms with E-state index < -0.39 is 0 Å². The molecule has 3 heterocycles. The van der Waals surface area contributed by atoms with Crippen LogP contribution in [0.4, 0.5) is 5.82 Å². The Morgan fingerprint density at radius 2 is 2.18 bits per heavy atom. The molecular weight excluding hydrogens is 284 g/mol. The van der Waals surface area contributed by atoms with Crippen LogP contribution in [0.25, 0.3) is 5.82 Å².